The molecule has 1 aromatic rings. The SMILES string of the molecule is CCCN(CC(F)(F)F)c1cc(CCl)cc(C(C)C)n1. The maximum atomic E-state index is 12.7. The molecule has 0 saturated carbocycles. The van der Waals surface area contributed by atoms with Gasteiger partial charge >= 0.3 is 6.18 Å². The lowest BCUT2D eigenvalue weighted by atomic mass is 10.1. The Morgan fingerprint density at radius 3 is 2.40 bits per heavy atom. The molecule has 0 spiro atoms. The van der Waals surface area contributed by atoms with Crippen LogP contribution in [0.15, 0.2) is 12.1 Å². The monoisotopic (exact) mass is 308 g/mol. The molecule has 2 nitrogen and oxygen atoms in total. The molecule has 0 aliphatic carbocycles. The fourth-order valence-corrected chi connectivity index (χ4v) is 2.04. The predicted octanol–water partition coefficient (Wildman–Crippen LogP) is 4.72. The van der Waals surface area contributed by atoms with E-state index < -0.39 is 12.7 Å². The van der Waals surface area contributed by atoms with Crippen LogP contribution in [0.2, 0.25) is 0 Å². The summed E-state index contributed by atoms with van der Waals surface area (Å²) in [6.07, 6.45) is -3.62. The van der Waals surface area contributed by atoms with Crippen molar-refractivity contribution in [1.82, 2.24) is 4.98 Å². The number of hydrogen-bond donors (Lipinski definition) is 0. The molecule has 1 aromatic heterocycles. The van der Waals surface area contributed by atoms with Gasteiger partial charge in [-0.05, 0) is 30.0 Å². The largest absolute Gasteiger partial charge is 0.405 e. The molecular formula is C14H20ClF3N2. The van der Waals surface area contributed by atoms with Crippen LogP contribution in [0, 0.1) is 0 Å². The highest BCUT2D eigenvalue weighted by atomic mass is 35.5. The Morgan fingerprint density at radius 2 is 1.95 bits per heavy atom. The van der Waals surface area contributed by atoms with Gasteiger partial charge in [-0.2, -0.15) is 13.2 Å². The topological polar surface area (TPSA) is 16.1 Å². The van der Waals surface area contributed by atoms with Gasteiger partial charge in [0, 0.05) is 18.1 Å². The number of halogens is 4. The van der Waals surface area contributed by atoms with Crippen LogP contribution in [0.1, 0.15) is 44.4 Å². The van der Waals surface area contributed by atoms with Crippen LogP contribution in [0.25, 0.3) is 0 Å². The van der Waals surface area contributed by atoms with Crippen molar-refractivity contribution in [3.63, 3.8) is 0 Å². The van der Waals surface area contributed by atoms with Crippen LogP contribution >= 0.6 is 11.6 Å². The van der Waals surface area contributed by atoms with Crippen LogP contribution in [-0.2, 0) is 5.88 Å². The summed E-state index contributed by atoms with van der Waals surface area (Å²) in [5, 5.41) is 0. The Labute approximate surface area is 122 Å². The molecule has 20 heavy (non-hydrogen) atoms. The minimum atomic E-state index is -4.24. The molecule has 0 aromatic carbocycles. The lowest BCUT2D eigenvalue weighted by Crippen LogP contribution is -2.35. The molecule has 0 atom stereocenters. The van der Waals surface area contributed by atoms with Crippen LogP contribution in [0.4, 0.5) is 19.0 Å². The average Bonchev–Trinajstić information content (AvgIpc) is 2.36. The summed E-state index contributed by atoms with van der Waals surface area (Å²) in [7, 11) is 0. The smallest absolute Gasteiger partial charge is 0.348 e. The predicted molar refractivity (Wildman–Crippen MR) is 76.4 cm³/mol. The summed E-state index contributed by atoms with van der Waals surface area (Å²) in [5.41, 5.74) is 1.56. The Bertz CT molecular complexity index is 433. The molecule has 0 aliphatic rings. The first-order chi connectivity index (χ1) is 9.26. The molecule has 0 amide bonds. The average molecular weight is 309 g/mol. The van der Waals surface area contributed by atoms with Crippen LogP contribution in [0.5, 0.6) is 0 Å². The molecule has 0 bridgehead atoms. The van der Waals surface area contributed by atoms with E-state index in [4.69, 9.17) is 11.6 Å². The summed E-state index contributed by atoms with van der Waals surface area (Å²) in [6, 6.07) is 3.49. The number of nitrogens with zero attached hydrogens (tertiary/aromatic N) is 2. The highest BCUT2D eigenvalue weighted by Crippen LogP contribution is 2.25. The van der Waals surface area contributed by atoms with Gasteiger partial charge in [0.25, 0.3) is 0 Å². The van der Waals surface area contributed by atoms with Crippen LogP contribution in [0.3, 0.4) is 0 Å². The van der Waals surface area contributed by atoms with Gasteiger partial charge in [-0.25, -0.2) is 4.98 Å². The van der Waals surface area contributed by atoms with Gasteiger partial charge in [-0.3, -0.25) is 0 Å². The van der Waals surface area contributed by atoms with Crippen LogP contribution in [-0.4, -0.2) is 24.2 Å². The molecule has 6 heteroatoms. The van der Waals surface area contributed by atoms with Crippen molar-refractivity contribution in [3.8, 4) is 0 Å². The number of pyridine rings is 1. The quantitative estimate of drug-likeness (QED) is 0.707. The third-order valence-corrected chi connectivity index (χ3v) is 3.13. The maximum Gasteiger partial charge on any atom is 0.405 e. The second-order valence-electron chi connectivity index (χ2n) is 5.08. The first-order valence-corrected chi connectivity index (χ1v) is 7.18. The zero-order valence-electron chi connectivity index (χ0n) is 12.0. The van der Waals surface area contributed by atoms with Gasteiger partial charge < -0.3 is 4.90 Å². The van der Waals surface area contributed by atoms with Gasteiger partial charge in [-0.15, -0.1) is 11.6 Å². The molecule has 0 aliphatic heterocycles. The van der Waals surface area contributed by atoms with E-state index in [1.165, 1.54) is 4.90 Å². The molecule has 0 unspecified atom stereocenters. The van der Waals surface area contributed by atoms with Gasteiger partial charge in [-0.1, -0.05) is 20.8 Å². The first kappa shape index (κ1) is 17.1. The van der Waals surface area contributed by atoms with E-state index in [1.807, 2.05) is 26.8 Å². The second kappa shape index (κ2) is 7.16. The Kier molecular flexibility index (Phi) is 6.11. The van der Waals surface area contributed by atoms with E-state index in [0.717, 1.165) is 11.3 Å². The first-order valence-electron chi connectivity index (χ1n) is 6.65. The number of alkyl halides is 4. The van der Waals surface area contributed by atoms with Crippen molar-refractivity contribution < 1.29 is 13.2 Å². The lowest BCUT2D eigenvalue weighted by molar-refractivity contribution is -0.119. The van der Waals surface area contributed by atoms with Crippen molar-refractivity contribution in [2.45, 2.75) is 45.2 Å². The molecule has 1 rings (SSSR count). The summed E-state index contributed by atoms with van der Waals surface area (Å²) >= 11 is 5.82. The Balaban J connectivity index is 3.14. The molecule has 114 valence electrons. The fourth-order valence-electron chi connectivity index (χ4n) is 1.89. The molecule has 0 fully saturated rings. The van der Waals surface area contributed by atoms with E-state index in [2.05, 4.69) is 4.98 Å². The number of anilines is 1. The summed E-state index contributed by atoms with van der Waals surface area (Å²) in [6.45, 7) is 5.08. The van der Waals surface area contributed by atoms with E-state index in [0.29, 0.717) is 18.8 Å². The zero-order chi connectivity index (χ0) is 15.3. The molecular weight excluding hydrogens is 289 g/mol. The van der Waals surface area contributed by atoms with E-state index >= 15 is 0 Å². The third-order valence-electron chi connectivity index (χ3n) is 2.82. The molecule has 1 heterocycles. The van der Waals surface area contributed by atoms with Gasteiger partial charge in [0.2, 0.25) is 0 Å². The normalized spacial score (nSPS) is 12.0. The zero-order valence-corrected chi connectivity index (χ0v) is 12.7. The summed E-state index contributed by atoms with van der Waals surface area (Å²) < 4.78 is 38.0. The highest BCUT2D eigenvalue weighted by molar-refractivity contribution is 6.17. The Morgan fingerprint density at radius 1 is 1.30 bits per heavy atom. The van der Waals surface area contributed by atoms with Crippen LogP contribution < -0.4 is 4.90 Å². The summed E-state index contributed by atoms with van der Waals surface area (Å²) in [5.74, 6) is 0.763. The van der Waals surface area contributed by atoms with E-state index in [9.17, 15) is 13.2 Å². The van der Waals surface area contributed by atoms with Crippen molar-refractivity contribution in [3.05, 3.63) is 23.4 Å². The second-order valence-corrected chi connectivity index (χ2v) is 5.35. The number of hydrogen-bond acceptors (Lipinski definition) is 2. The van der Waals surface area contributed by atoms with E-state index in [-0.39, 0.29) is 11.8 Å². The molecule has 0 saturated heterocycles. The third kappa shape index (κ3) is 5.19. The van der Waals surface area contributed by atoms with Gasteiger partial charge in [0.05, 0.1) is 0 Å². The minimum absolute atomic E-state index is 0.145. The highest BCUT2D eigenvalue weighted by Gasteiger charge is 2.31. The van der Waals surface area contributed by atoms with Crippen molar-refractivity contribution in [2.75, 3.05) is 18.0 Å². The number of rotatable bonds is 6. The molecule has 0 N–H and O–H groups in total. The van der Waals surface area contributed by atoms with Gasteiger partial charge in [0.1, 0.15) is 12.4 Å². The van der Waals surface area contributed by atoms with Crippen molar-refractivity contribution in [1.29, 1.82) is 0 Å². The van der Waals surface area contributed by atoms with Crippen molar-refractivity contribution in [2.24, 2.45) is 0 Å². The number of aromatic nitrogens is 1. The summed E-state index contributed by atoms with van der Waals surface area (Å²) in [4.78, 5) is 5.62. The van der Waals surface area contributed by atoms with Gasteiger partial charge in [0.15, 0.2) is 0 Å². The fraction of sp³-hybridized carbons (Fsp3) is 0.643. The van der Waals surface area contributed by atoms with E-state index in [1.54, 1.807) is 6.07 Å². The van der Waals surface area contributed by atoms with Crippen molar-refractivity contribution >= 4 is 17.4 Å². The Hall–Kier alpha value is -0.970. The maximum absolute atomic E-state index is 12.7. The minimum Gasteiger partial charge on any atom is -0.348 e. The lowest BCUT2D eigenvalue weighted by Gasteiger charge is -2.25. The standard InChI is InChI=1S/C14H20ClF3N2/c1-4-5-20(9-14(16,17)18)13-7-11(8-15)6-12(19-13)10(2)3/h6-7,10H,4-5,8-9H2,1-3H3. The molecule has 0 radical (unpaired) electrons.